The zero-order valence-electron chi connectivity index (χ0n) is 12.6. The third-order valence-electron chi connectivity index (χ3n) is 3.50. The lowest BCUT2D eigenvalue weighted by molar-refractivity contribution is -0.124. The highest BCUT2D eigenvalue weighted by Crippen LogP contribution is 2.17. The van der Waals surface area contributed by atoms with E-state index in [9.17, 15) is 14.4 Å². The van der Waals surface area contributed by atoms with Crippen molar-refractivity contribution in [3.05, 3.63) is 29.8 Å². The Kier molecular flexibility index (Phi) is 5.52. The van der Waals surface area contributed by atoms with Crippen molar-refractivity contribution < 1.29 is 19.1 Å². The first-order chi connectivity index (χ1) is 10.5. The maximum Gasteiger partial charge on any atom is 0.338 e. The summed E-state index contributed by atoms with van der Waals surface area (Å²) in [6, 6.07) is 6.51. The summed E-state index contributed by atoms with van der Waals surface area (Å²) in [5.74, 6) is -1.01. The van der Waals surface area contributed by atoms with Crippen LogP contribution < -0.4 is 10.6 Å². The highest BCUT2D eigenvalue weighted by molar-refractivity contribution is 5.93. The number of rotatable bonds is 5. The minimum atomic E-state index is -0.559. The fourth-order valence-electron chi connectivity index (χ4n) is 2.45. The van der Waals surface area contributed by atoms with Gasteiger partial charge in [0.1, 0.15) is 0 Å². The van der Waals surface area contributed by atoms with E-state index in [0.29, 0.717) is 11.3 Å². The quantitative estimate of drug-likeness (QED) is 0.813. The van der Waals surface area contributed by atoms with Gasteiger partial charge in [0, 0.05) is 18.7 Å². The SMILES string of the molecule is CC(=O)Nc1ccc(C(=O)OCC(=O)NC2CCCC2)cc1. The number of benzene rings is 1. The number of anilines is 1. The summed E-state index contributed by atoms with van der Waals surface area (Å²) in [6.07, 6.45) is 4.24. The Hall–Kier alpha value is -2.37. The second kappa shape index (κ2) is 7.59. The smallest absolute Gasteiger partial charge is 0.338 e. The van der Waals surface area contributed by atoms with Gasteiger partial charge in [0.25, 0.3) is 5.91 Å². The van der Waals surface area contributed by atoms with E-state index in [2.05, 4.69) is 10.6 Å². The molecule has 0 heterocycles. The first-order valence-electron chi connectivity index (χ1n) is 7.39. The van der Waals surface area contributed by atoms with Crippen LogP contribution in [0.4, 0.5) is 5.69 Å². The molecule has 2 amide bonds. The molecule has 0 bridgehead atoms. The van der Waals surface area contributed by atoms with E-state index in [1.54, 1.807) is 24.3 Å². The third-order valence-corrected chi connectivity index (χ3v) is 3.50. The second-order valence-electron chi connectivity index (χ2n) is 5.38. The van der Waals surface area contributed by atoms with Crippen LogP contribution in [0.2, 0.25) is 0 Å². The number of nitrogens with one attached hydrogen (secondary N) is 2. The van der Waals surface area contributed by atoms with Crippen molar-refractivity contribution in [1.29, 1.82) is 0 Å². The van der Waals surface area contributed by atoms with Gasteiger partial charge in [0.05, 0.1) is 5.56 Å². The van der Waals surface area contributed by atoms with Crippen LogP contribution in [0.5, 0.6) is 0 Å². The molecule has 0 atom stereocenters. The molecule has 0 aromatic heterocycles. The topological polar surface area (TPSA) is 84.5 Å². The molecule has 118 valence electrons. The number of amides is 2. The van der Waals surface area contributed by atoms with Gasteiger partial charge in [-0.1, -0.05) is 12.8 Å². The van der Waals surface area contributed by atoms with Gasteiger partial charge in [0.15, 0.2) is 6.61 Å². The van der Waals surface area contributed by atoms with Crippen LogP contribution in [0.15, 0.2) is 24.3 Å². The Morgan fingerprint density at radius 1 is 1.14 bits per heavy atom. The third kappa shape index (κ3) is 4.87. The predicted octanol–water partition coefficient (Wildman–Crippen LogP) is 1.86. The van der Waals surface area contributed by atoms with Crippen LogP contribution in [0, 0.1) is 0 Å². The molecular weight excluding hydrogens is 284 g/mol. The molecule has 22 heavy (non-hydrogen) atoms. The van der Waals surface area contributed by atoms with Crippen LogP contribution in [-0.2, 0) is 14.3 Å². The lowest BCUT2D eigenvalue weighted by Gasteiger charge is -2.12. The van der Waals surface area contributed by atoms with Crippen LogP contribution in [0.25, 0.3) is 0 Å². The molecule has 2 rings (SSSR count). The summed E-state index contributed by atoms with van der Waals surface area (Å²) in [4.78, 5) is 34.4. The summed E-state index contributed by atoms with van der Waals surface area (Å²) >= 11 is 0. The normalized spacial score (nSPS) is 14.4. The predicted molar refractivity (Wildman–Crippen MR) is 81.4 cm³/mol. The Labute approximate surface area is 129 Å². The maximum atomic E-state index is 11.8. The molecule has 1 saturated carbocycles. The Balaban J connectivity index is 1.78. The first-order valence-corrected chi connectivity index (χ1v) is 7.39. The molecule has 1 aromatic rings. The molecule has 1 aliphatic carbocycles. The fraction of sp³-hybridized carbons (Fsp3) is 0.438. The van der Waals surface area contributed by atoms with Crippen molar-refractivity contribution in [3.8, 4) is 0 Å². The van der Waals surface area contributed by atoms with E-state index >= 15 is 0 Å². The second-order valence-corrected chi connectivity index (χ2v) is 5.38. The summed E-state index contributed by atoms with van der Waals surface area (Å²) in [7, 11) is 0. The standard InChI is InChI=1S/C16H20N2O4/c1-11(19)17-14-8-6-12(7-9-14)16(21)22-10-15(20)18-13-4-2-3-5-13/h6-9,13H,2-5,10H2,1H3,(H,17,19)(H,18,20). The zero-order chi connectivity index (χ0) is 15.9. The summed E-state index contributed by atoms with van der Waals surface area (Å²) in [5.41, 5.74) is 0.936. The van der Waals surface area contributed by atoms with Crippen LogP contribution in [-0.4, -0.2) is 30.4 Å². The largest absolute Gasteiger partial charge is 0.452 e. The lowest BCUT2D eigenvalue weighted by atomic mass is 10.2. The molecule has 0 radical (unpaired) electrons. The average Bonchev–Trinajstić information content (AvgIpc) is 2.98. The first kappa shape index (κ1) is 16.0. The van der Waals surface area contributed by atoms with Crippen LogP contribution in [0.3, 0.4) is 0 Å². The van der Waals surface area contributed by atoms with Crippen molar-refractivity contribution >= 4 is 23.5 Å². The van der Waals surface area contributed by atoms with E-state index in [1.165, 1.54) is 6.92 Å². The van der Waals surface area contributed by atoms with Crippen molar-refractivity contribution in [2.45, 2.75) is 38.6 Å². The van der Waals surface area contributed by atoms with E-state index in [1.807, 2.05) is 0 Å². The van der Waals surface area contributed by atoms with Crippen LogP contribution in [0.1, 0.15) is 43.0 Å². The molecule has 6 heteroatoms. The summed E-state index contributed by atoms with van der Waals surface area (Å²) < 4.78 is 4.98. The molecule has 6 nitrogen and oxygen atoms in total. The van der Waals surface area contributed by atoms with Gasteiger partial charge in [-0.05, 0) is 37.1 Å². The molecule has 0 spiro atoms. The molecule has 0 aliphatic heterocycles. The van der Waals surface area contributed by atoms with E-state index in [0.717, 1.165) is 25.7 Å². The van der Waals surface area contributed by atoms with E-state index < -0.39 is 5.97 Å². The number of hydrogen-bond donors (Lipinski definition) is 2. The minimum absolute atomic E-state index is 0.182. The molecule has 0 saturated heterocycles. The van der Waals surface area contributed by atoms with Gasteiger partial charge < -0.3 is 15.4 Å². The van der Waals surface area contributed by atoms with Gasteiger partial charge in [-0.15, -0.1) is 0 Å². The monoisotopic (exact) mass is 304 g/mol. The Bertz CT molecular complexity index is 548. The van der Waals surface area contributed by atoms with Crippen molar-refractivity contribution in [1.82, 2.24) is 5.32 Å². The number of carbonyl (C=O) groups is 3. The zero-order valence-corrected chi connectivity index (χ0v) is 12.6. The summed E-state index contributed by atoms with van der Waals surface area (Å²) in [6.45, 7) is 1.13. The van der Waals surface area contributed by atoms with Gasteiger partial charge >= 0.3 is 5.97 Å². The van der Waals surface area contributed by atoms with Gasteiger partial charge in [-0.2, -0.15) is 0 Å². The number of hydrogen-bond acceptors (Lipinski definition) is 4. The molecule has 2 N–H and O–H groups in total. The molecule has 0 unspecified atom stereocenters. The minimum Gasteiger partial charge on any atom is -0.452 e. The molecule has 1 fully saturated rings. The highest BCUT2D eigenvalue weighted by atomic mass is 16.5. The van der Waals surface area contributed by atoms with Gasteiger partial charge in [-0.25, -0.2) is 4.79 Å². The highest BCUT2D eigenvalue weighted by Gasteiger charge is 2.18. The Morgan fingerprint density at radius 3 is 2.36 bits per heavy atom. The molecule has 1 aromatic carbocycles. The number of carbonyl (C=O) groups excluding carboxylic acids is 3. The number of ether oxygens (including phenoxy) is 1. The van der Waals surface area contributed by atoms with E-state index in [4.69, 9.17) is 4.74 Å². The van der Waals surface area contributed by atoms with Crippen LogP contribution >= 0.6 is 0 Å². The molecular formula is C16H20N2O4. The van der Waals surface area contributed by atoms with Gasteiger partial charge in [0.2, 0.25) is 5.91 Å². The molecule has 1 aliphatic rings. The lowest BCUT2D eigenvalue weighted by Crippen LogP contribution is -2.35. The van der Waals surface area contributed by atoms with Crippen molar-refractivity contribution in [2.24, 2.45) is 0 Å². The Morgan fingerprint density at radius 2 is 1.77 bits per heavy atom. The fourth-order valence-corrected chi connectivity index (χ4v) is 2.45. The van der Waals surface area contributed by atoms with Gasteiger partial charge in [-0.3, -0.25) is 9.59 Å². The van der Waals surface area contributed by atoms with Crippen molar-refractivity contribution in [2.75, 3.05) is 11.9 Å². The number of esters is 1. The average molecular weight is 304 g/mol. The van der Waals surface area contributed by atoms with E-state index in [-0.39, 0.29) is 24.5 Å². The van der Waals surface area contributed by atoms with Crippen molar-refractivity contribution in [3.63, 3.8) is 0 Å². The summed E-state index contributed by atoms with van der Waals surface area (Å²) in [5, 5.41) is 5.46. The maximum absolute atomic E-state index is 11.8.